The van der Waals surface area contributed by atoms with E-state index in [4.69, 9.17) is 32.5 Å². The maximum atomic E-state index is 13.1. The van der Waals surface area contributed by atoms with Crippen LogP contribution in [0.5, 0.6) is 11.5 Å². The predicted molar refractivity (Wildman–Crippen MR) is 134 cm³/mol. The number of carbonyl (C=O) groups excluding carboxylic acids is 1. The number of non-ortho nitro benzene ring substituents is 1. The van der Waals surface area contributed by atoms with Crippen LogP contribution in [0.25, 0.3) is 0 Å². The molecule has 2 aromatic carbocycles. The number of benzene rings is 2. The summed E-state index contributed by atoms with van der Waals surface area (Å²) in [5, 5.41) is 23.5. The molecule has 0 aliphatic rings. The largest absolute Gasteiger partial charge is 0.457 e. The van der Waals surface area contributed by atoms with Crippen molar-refractivity contribution in [2.24, 2.45) is 0 Å². The maximum Gasteiger partial charge on any atom is 0.278 e. The van der Waals surface area contributed by atoms with Gasteiger partial charge in [0.2, 0.25) is 0 Å². The smallest absolute Gasteiger partial charge is 0.278 e. The van der Waals surface area contributed by atoms with Gasteiger partial charge in [0.1, 0.15) is 17.3 Å². The highest BCUT2D eigenvalue weighted by Gasteiger charge is 2.23. The summed E-state index contributed by atoms with van der Waals surface area (Å²) in [5.74, 6) is 0.461. The summed E-state index contributed by atoms with van der Waals surface area (Å²) >= 11 is 12.2. The number of aryl methyl sites for hydroxylation is 3. The van der Waals surface area contributed by atoms with Crippen molar-refractivity contribution in [3.63, 3.8) is 0 Å². The van der Waals surface area contributed by atoms with E-state index in [2.05, 4.69) is 15.6 Å². The lowest BCUT2D eigenvalue weighted by molar-refractivity contribution is -0.384. The Labute approximate surface area is 215 Å². The Hall–Kier alpha value is -3.89. The number of nitrogens with zero attached hydrogens (tertiary/aromatic N) is 4. The van der Waals surface area contributed by atoms with Crippen molar-refractivity contribution in [3.8, 4) is 11.5 Å². The minimum absolute atomic E-state index is 0.0266. The quantitative estimate of drug-likeness (QED) is 0.216. The van der Waals surface area contributed by atoms with Crippen molar-refractivity contribution in [3.05, 3.63) is 90.5 Å². The molecule has 10 nitrogen and oxygen atoms in total. The van der Waals surface area contributed by atoms with E-state index in [1.165, 1.54) is 18.2 Å². The Morgan fingerprint density at radius 1 is 1.17 bits per heavy atom. The number of hydrogen-bond acceptors (Lipinski definition) is 7. The molecule has 0 saturated carbocycles. The lowest BCUT2D eigenvalue weighted by atomic mass is 10.1. The van der Waals surface area contributed by atoms with Gasteiger partial charge in [-0.3, -0.25) is 19.6 Å². The molecule has 1 amide bonds. The molecule has 0 unspecified atom stereocenters. The number of hydrogen-bond donors (Lipinski definition) is 1. The van der Waals surface area contributed by atoms with E-state index < -0.39 is 10.8 Å². The van der Waals surface area contributed by atoms with Crippen LogP contribution < -0.4 is 10.1 Å². The summed E-state index contributed by atoms with van der Waals surface area (Å²) in [7, 11) is 0. The molecule has 12 heteroatoms. The van der Waals surface area contributed by atoms with Crippen LogP contribution in [-0.2, 0) is 6.54 Å². The fourth-order valence-corrected chi connectivity index (χ4v) is 3.96. The first-order chi connectivity index (χ1) is 17.0. The fraction of sp³-hybridized carbons (Fsp3) is 0.208. The first-order valence-corrected chi connectivity index (χ1v) is 11.5. The average molecular weight is 530 g/mol. The van der Waals surface area contributed by atoms with Crippen molar-refractivity contribution in [2.75, 3.05) is 5.32 Å². The van der Waals surface area contributed by atoms with Gasteiger partial charge in [-0.25, -0.2) is 0 Å². The monoisotopic (exact) mass is 529 g/mol. The minimum Gasteiger partial charge on any atom is -0.457 e. The molecular formula is C24H21Cl2N5O5. The van der Waals surface area contributed by atoms with Gasteiger partial charge in [-0.1, -0.05) is 28.4 Å². The number of nitro benzene ring substituents is 1. The molecule has 0 radical (unpaired) electrons. The van der Waals surface area contributed by atoms with E-state index in [1.54, 1.807) is 43.7 Å². The molecule has 0 aliphatic carbocycles. The minimum atomic E-state index is -0.608. The van der Waals surface area contributed by atoms with Crippen molar-refractivity contribution in [2.45, 2.75) is 34.2 Å². The summed E-state index contributed by atoms with van der Waals surface area (Å²) in [4.78, 5) is 24.1. The van der Waals surface area contributed by atoms with Gasteiger partial charge >= 0.3 is 0 Å². The SMILES string of the molecule is Cc1cc(Cl)ccc1Oc1cc(NC(=O)c2noc(C)c2Cn2nc(C)c(Cl)c2C)cc([N+](=O)[O-])c1. The number of anilines is 1. The van der Waals surface area contributed by atoms with Gasteiger partial charge in [-0.15, -0.1) is 0 Å². The van der Waals surface area contributed by atoms with Crippen molar-refractivity contribution in [1.82, 2.24) is 14.9 Å². The highest BCUT2D eigenvalue weighted by atomic mass is 35.5. The van der Waals surface area contributed by atoms with E-state index in [1.807, 2.05) is 6.92 Å². The van der Waals surface area contributed by atoms with Gasteiger partial charge in [0.25, 0.3) is 11.6 Å². The third kappa shape index (κ3) is 5.19. The van der Waals surface area contributed by atoms with Gasteiger partial charge in [0.05, 0.1) is 39.6 Å². The van der Waals surface area contributed by atoms with Gasteiger partial charge in [-0.2, -0.15) is 5.10 Å². The Kier molecular flexibility index (Phi) is 7.00. The zero-order valence-corrected chi connectivity index (χ0v) is 21.3. The topological polar surface area (TPSA) is 125 Å². The molecule has 0 atom stereocenters. The summed E-state index contributed by atoms with van der Waals surface area (Å²) < 4.78 is 12.8. The first kappa shape index (κ1) is 25.2. The molecule has 1 N–H and O–H groups in total. The summed E-state index contributed by atoms with van der Waals surface area (Å²) in [6.45, 7) is 7.29. The number of halogens is 2. The zero-order valence-electron chi connectivity index (χ0n) is 19.8. The third-order valence-corrected chi connectivity index (χ3v) is 6.31. The summed E-state index contributed by atoms with van der Waals surface area (Å²) in [6.07, 6.45) is 0. The molecule has 2 heterocycles. The first-order valence-electron chi connectivity index (χ1n) is 10.7. The Morgan fingerprint density at radius 2 is 1.92 bits per heavy atom. The number of nitro groups is 1. The highest BCUT2D eigenvalue weighted by Crippen LogP contribution is 2.32. The molecule has 0 aliphatic heterocycles. The normalized spacial score (nSPS) is 10.9. The standard InChI is InChI=1S/C24H21Cl2N5O5/c1-12-7-16(25)5-6-21(12)35-19-9-17(8-18(10-19)31(33)34)27-24(32)23-20(15(4)36-29-23)11-30-14(3)22(26)13(2)28-30/h5-10H,11H2,1-4H3,(H,27,32). The van der Waals surface area contributed by atoms with E-state index in [-0.39, 0.29) is 29.4 Å². The molecule has 36 heavy (non-hydrogen) atoms. The van der Waals surface area contributed by atoms with E-state index in [0.29, 0.717) is 32.8 Å². The molecule has 0 saturated heterocycles. The molecule has 4 aromatic rings. The molecule has 0 bridgehead atoms. The molecule has 2 aromatic heterocycles. The van der Waals surface area contributed by atoms with Crippen LogP contribution in [0.2, 0.25) is 10.0 Å². The van der Waals surface area contributed by atoms with Gasteiger partial charge < -0.3 is 14.6 Å². The second kappa shape index (κ2) is 10.00. The number of carbonyl (C=O) groups is 1. The molecule has 0 spiro atoms. The lowest BCUT2D eigenvalue weighted by Gasteiger charge is -2.11. The Balaban J connectivity index is 1.62. The second-order valence-corrected chi connectivity index (χ2v) is 8.96. The van der Waals surface area contributed by atoms with Crippen molar-refractivity contribution < 1.29 is 19.0 Å². The van der Waals surface area contributed by atoms with Gasteiger partial charge in [0, 0.05) is 22.7 Å². The van der Waals surface area contributed by atoms with Crippen LogP contribution in [-0.4, -0.2) is 25.8 Å². The second-order valence-electron chi connectivity index (χ2n) is 8.15. The lowest BCUT2D eigenvalue weighted by Crippen LogP contribution is -2.16. The fourth-order valence-electron chi connectivity index (χ4n) is 3.60. The van der Waals surface area contributed by atoms with Crippen LogP contribution in [0.15, 0.2) is 40.9 Å². The number of rotatable bonds is 7. The van der Waals surface area contributed by atoms with Gasteiger partial charge in [-0.05, 0) is 51.5 Å². The number of aromatic nitrogens is 3. The summed E-state index contributed by atoms with van der Waals surface area (Å²) in [6, 6.07) is 8.99. The van der Waals surface area contributed by atoms with Crippen LogP contribution in [0.4, 0.5) is 11.4 Å². The van der Waals surface area contributed by atoms with Crippen molar-refractivity contribution >= 4 is 40.5 Å². The summed E-state index contributed by atoms with van der Waals surface area (Å²) in [5.41, 5.74) is 2.56. The van der Waals surface area contributed by atoms with E-state index in [9.17, 15) is 14.9 Å². The van der Waals surface area contributed by atoms with Crippen molar-refractivity contribution in [1.29, 1.82) is 0 Å². The van der Waals surface area contributed by atoms with E-state index in [0.717, 1.165) is 11.3 Å². The van der Waals surface area contributed by atoms with Crippen LogP contribution >= 0.6 is 23.2 Å². The highest BCUT2D eigenvalue weighted by molar-refractivity contribution is 6.31. The molecule has 4 rings (SSSR count). The maximum absolute atomic E-state index is 13.1. The molecule has 0 fully saturated rings. The third-order valence-electron chi connectivity index (χ3n) is 5.53. The number of amides is 1. The zero-order chi connectivity index (χ0) is 26.1. The van der Waals surface area contributed by atoms with Gasteiger partial charge in [0.15, 0.2) is 5.69 Å². The average Bonchev–Trinajstić information content (AvgIpc) is 3.30. The molecular weight excluding hydrogens is 509 g/mol. The van der Waals surface area contributed by atoms with Crippen LogP contribution in [0.1, 0.15) is 38.8 Å². The van der Waals surface area contributed by atoms with E-state index >= 15 is 0 Å². The van der Waals surface area contributed by atoms with Crippen LogP contribution in [0, 0.1) is 37.8 Å². The number of nitrogens with one attached hydrogen (secondary N) is 1. The molecule has 186 valence electrons. The number of ether oxygens (including phenoxy) is 1. The Morgan fingerprint density at radius 3 is 2.56 bits per heavy atom. The Bertz CT molecular complexity index is 1490. The predicted octanol–water partition coefficient (Wildman–Crippen LogP) is 6.41. The van der Waals surface area contributed by atoms with Crippen LogP contribution in [0.3, 0.4) is 0 Å².